The van der Waals surface area contributed by atoms with Crippen molar-refractivity contribution in [2.45, 2.75) is 32.4 Å². The summed E-state index contributed by atoms with van der Waals surface area (Å²) in [4.78, 5) is 15.3. The molecule has 1 N–H and O–H groups in total. The number of hydrogen-bond acceptors (Lipinski definition) is 5. The molecule has 1 rings (SSSR count). The molecule has 1 heterocycles. The normalized spacial score (nSPS) is 12.4. The molecule has 1 unspecified atom stereocenters. The fourth-order valence-electron chi connectivity index (χ4n) is 1.37. The lowest BCUT2D eigenvalue weighted by Crippen LogP contribution is -2.38. The summed E-state index contributed by atoms with van der Waals surface area (Å²) >= 11 is 0. The monoisotopic (exact) mass is 226 g/mol. The van der Waals surface area contributed by atoms with E-state index in [1.54, 1.807) is 11.0 Å². The summed E-state index contributed by atoms with van der Waals surface area (Å²) in [5, 5.41) is 7.13. The lowest BCUT2D eigenvalue weighted by Gasteiger charge is -2.15. The number of nitrogens with one attached hydrogen (secondary N) is 1. The molecule has 0 aliphatic carbocycles. The molecule has 16 heavy (non-hydrogen) atoms. The minimum Gasteiger partial charge on any atom is -0.468 e. The molecule has 90 valence electrons. The SMILES string of the molecule is CCCNC(CCn1cncn1)C(=O)OC. The summed E-state index contributed by atoms with van der Waals surface area (Å²) in [6, 6.07) is -0.269. The van der Waals surface area contributed by atoms with E-state index >= 15 is 0 Å². The number of rotatable bonds is 7. The van der Waals surface area contributed by atoms with E-state index in [2.05, 4.69) is 22.3 Å². The summed E-state index contributed by atoms with van der Waals surface area (Å²) < 4.78 is 6.43. The second-order valence-corrected chi connectivity index (χ2v) is 3.48. The van der Waals surface area contributed by atoms with E-state index in [9.17, 15) is 4.79 Å². The molecule has 1 aromatic rings. The van der Waals surface area contributed by atoms with E-state index in [1.807, 2.05) is 0 Å². The molecule has 6 nitrogen and oxygen atoms in total. The maximum Gasteiger partial charge on any atom is 0.322 e. The molecular weight excluding hydrogens is 208 g/mol. The van der Waals surface area contributed by atoms with Gasteiger partial charge in [-0.1, -0.05) is 6.92 Å². The zero-order chi connectivity index (χ0) is 11.8. The summed E-state index contributed by atoms with van der Waals surface area (Å²) in [6.45, 7) is 3.51. The van der Waals surface area contributed by atoms with Crippen LogP contribution in [0.4, 0.5) is 0 Å². The maximum absolute atomic E-state index is 11.4. The molecule has 0 aliphatic heterocycles. The number of methoxy groups -OCH3 is 1. The van der Waals surface area contributed by atoms with Crippen LogP contribution in [0.3, 0.4) is 0 Å². The number of esters is 1. The van der Waals surface area contributed by atoms with Gasteiger partial charge in [0.15, 0.2) is 0 Å². The van der Waals surface area contributed by atoms with Gasteiger partial charge in [0.25, 0.3) is 0 Å². The molecule has 0 aromatic carbocycles. The van der Waals surface area contributed by atoms with Gasteiger partial charge in [0.1, 0.15) is 18.7 Å². The standard InChI is InChI=1S/C10H18N4O2/c1-3-5-12-9(10(15)16-2)4-6-14-8-11-7-13-14/h7-9,12H,3-6H2,1-2H3. The number of carbonyl (C=O) groups is 1. The maximum atomic E-state index is 11.4. The zero-order valence-electron chi connectivity index (χ0n) is 9.72. The van der Waals surface area contributed by atoms with Crippen molar-refractivity contribution in [1.29, 1.82) is 0 Å². The number of carbonyl (C=O) groups excluding carboxylic acids is 1. The molecule has 6 heteroatoms. The fraction of sp³-hybridized carbons (Fsp3) is 0.700. The third-order valence-corrected chi connectivity index (χ3v) is 2.24. The van der Waals surface area contributed by atoms with Crippen LogP contribution in [0.25, 0.3) is 0 Å². The van der Waals surface area contributed by atoms with Gasteiger partial charge in [0.05, 0.1) is 7.11 Å². The lowest BCUT2D eigenvalue weighted by atomic mass is 10.2. The van der Waals surface area contributed by atoms with E-state index in [0.717, 1.165) is 13.0 Å². The molecular formula is C10H18N4O2. The summed E-state index contributed by atoms with van der Waals surface area (Å²) in [5.74, 6) is -0.228. The largest absolute Gasteiger partial charge is 0.468 e. The predicted octanol–water partition coefficient (Wildman–Crippen LogP) is 0.209. The molecule has 0 saturated carbocycles. The number of aromatic nitrogens is 3. The van der Waals surface area contributed by atoms with E-state index in [1.165, 1.54) is 13.4 Å². The summed E-state index contributed by atoms with van der Waals surface area (Å²) in [6.07, 6.45) is 4.74. The molecule has 0 spiro atoms. The van der Waals surface area contributed by atoms with E-state index in [4.69, 9.17) is 4.74 Å². The van der Waals surface area contributed by atoms with Gasteiger partial charge in [0, 0.05) is 6.54 Å². The first-order valence-electron chi connectivity index (χ1n) is 5.41. The topological polar surface area (TPSA) is 69.0 Å². The Hall–Kier alpha value is -1.43. The smallest absolute Gasteiger partial charge is 0.322 e. The van der Waals surface area contributed by atoms with Crippen LogP contribution in [0.2, 0.25) is 0 Å². The third kappa shape index (κ3) is 3.98. The van der Waals surface area contributed by atoms with Crippen molar-refractivity contribution in [3.8, 4) is 0 Å². The Labute approximate surface area is 95.0 Å². The predicted molar refractivity (Wildman–Crippen MR) is 58.7 cm³/mol. The first-order valence-corrected chi connectivity index (χ1v) is 5.41. The third-order valence-electron chi connectivity index (χ3n) is 2.24. The van der Waals surface area contributed by atoms with Crippen molar-refractivity contribution in [2.24, 2.45) is 0 Å². The van der Waals surface area contributed by atoms with Crippen LogP contribution in [0.5, 0.6) is 0 Å². The van der Waals surface area contributed by atoms with Crippen molar-refractivity contribution in [2.75, 3.05) is 13.7 Å². The van der Waals surface area contributed by atoms with Gasteiger partial charge in [-0.15, -0.1) is 0 Å². The van der Waals surface area contributed by atoms with Crippen LogP contribution >= 0.6 is 0 Å². The van der Waals surface area contributed by atoms with Crippen molar-refractivity contribution < 1.29 is 9.53 Å². The Morgan fingerprint density at radius 3 is 3.00 bits per heavy atom. The quantitative estimate of drug-likeness (QED) is 0.673. The highest BCUT2D eigenvalue weighted by molar-refractivity contribution is 5.75. The van der Waals surface area contributed by atoms with Gasteiger partial charge in [0.2, 0.25) is 0 Å². The molecule has 0 amide bonds. The molecule has 0 radical (unpaired) electrons. The van der Waals surface area contributed by atoms with Crippen molar-refractivity contribution in [1.82, 2.24) is 20.1 Å². The van der Waals surface area contributed by atoms with E-state index in [-0.39, 0.29) is 12.0 Å². The molecule has 1 aromatic heterocycles. The van der Waals surface area contributed by atoms with Crippen molar-refractivity contribution in [3.05, 3.63) is 12.7 Å². The minimum atomic E-state index is -0.269. The number of nitrogens with zero attached hydrogens (tertiary/aromatic N) is 3. The molecule has 0 fully saturated rings. The summed E-state index contributed by atoms with van der Waals surface area (Å²) in [7, 11) is 1.40. The summed E-state index contributed by atoms with van der Waals surface area (Å²) in [5.41, 5.74) is 0. The van der Waals surface area contributed by atoms with Crippen LogP contribution in [0.1, 0.15) is 19.8 Å². The Morgan fingerprint density at radius 2 is 2.44 bits per heavy atom. The van der Waals surface area contributed by atoms with Crippen LogP contribution in [-0.4, -0.2) is 40.4 Å². The highest BCUT2D eigenvalue weighted by Crippen LogP contribution is 1.98. The Balaban J connectivity index is 2.40. The van der Waals surface area contributed by atoms with Gasteiger partial charge in [-0.3, -0.25) is 9.48 Å². The molecule has 0 aliphatic rings. The van der Waals surface area contributed by atoms with Gasteiger partial charge >= 0.3 is 5.97 Å². The number of aryl methyl sites for hydroxylation is 1. The highest BCUT2D eigenvalue weighted by Gasteiger charge is 2.17. The van der Waals surface area contributed by atoms with E-state index < -0.39 is 0 Å². The Morgan fingerprint density at radius 1 is 1.62 bits per heavy atom. The fourth-order valence-corrected chi connectivity index (χ4v) is 1.37. The highest BCUT2D eigenvalue weighted by atomic mass is 16.5. The zero-order valence-corrected chi connectivity index (χ0v) is 9.72. The van der Waals surface area contributed by atoms with Gasteiger partial charge in [-0.05, 0) is 19.4 Å². The Kier molecular flexibility index (Phi) is 5.49. The van der Waals surface area contributed by atoms with Gasteiger partial charge < -0.3 is 10.1 Å². The number of hydrogen-bond donors (Lipinski definition) is 1. The molecule has 0 saturated heterocycles. The van der Waals surface area contributed by atoms with Crippen LogP contribution in [-0.2, 0) is 16.1 Å². The second kappa shape index (κ2) is 6.95. The first-order chi connectivity index (χ1) is 7.77. The van der Waals surface area contributed by atoms with Gasteiger partial charge in [-0.2, -0.15) is 5.10 Å². The van der Waals surface area contributed by atoms with E-state index in [0.29, 0.717) is 13.0 Å². The second-order valence-electron chi connectivity index (χ2n) is 3.48. The minimum absolute atomic E-state index is 0.228. The first kappa shape index (κ1) is 12.6. The van der Waals surface area contributed by atoms with Crippen molar-refractivity contribution >= 4 is 5.97 Å². The Bertz CT molecular complexity index is 300. The van der Waals surface area contributed by atoms with Crippen LogP contribution < -0.4 is 5.32 Å². The van der Waals surface area contributed by atoms with Crippen LogP contribution in [0, 0.1) is 0 Å². The van der Waals surface area contributed by atoms with Gasteiger partial charge in [-0.25, -0.2) is 4.98 Å². The number of ether oxygens (including phenoxy) is 1. The molecule has 0 bridgehead atoms. The lowest BCUT2D eigenvalue weighted by molar-refractivity contribution is -0.143. The average molecular weight is 226 g/mol. The average Bonchev–Trinajstić information content (AvgIpc) is 2.81. The van der Waals surface area contributed by atoms with Crippen molar-refractivity contribution in [3.63, 3.8) is 0 Å². The van der Waals surface area contributed by atoms with Crippen LogP contribution in [0.15, 0.2) is 12.7 Å². The molecule has 1 atom stereocenters.